The molecular formula is C25H41N3O2S. The Morgan fingerprint density at radius 3 is 1.71 bits per heavy atom. The van der Waals surface area contributed by atoms with Crippen LogP contribution < -0.4 is 16.0 Å². The summed E-state index contributed by atoms with van der Waals surface area (Å²) in [6.45, 7) is 5.95. The first-order valence-electron chi connectivity index (χ1n) is 11.9. The zero-order valence-corrected chi connectivity index (χ0v) is 20.4. The van der Waals surface area contributed by atoms with Gasteiger partial charge in [-0.25, -0.2) is 0 Å². The SMILES string of the molecule is CCCCCCCCCCCCCC(=O)NC(=S)Nc1ccc(NC(=O)C(C)C)cc1. The highest BCUT2D eigenvalue weighted by molar-refractivity contribution is 7.80. The fourth-order valence-electron chi connectivity index (χ4n) is 3.22. The summed E-state index contributed by atoms with van der Waals surface area (Å²) >= 11 is 5.22. The molecule has 3 N–H and O–H groups in total. The average Bonchev–Trinajstić information content (AvgIpc) is 2.73. The van der Waals surface area contributed by atoms with E-state index in [9.17, 15) is 9.59 Å². The molecule has 31 heavy (non-hydrogen) atoms. The van der Waals surface area contributed by atoms with E-state index in [1.807, 2.05) is 26.0 Å². The number of thiocarbonyl (C=S) groups is 1. The summed E-state index contributed by atoms with van der Waals surface area (Å²) < 4.78 is 0. The lowest BCUT2D eigenvalue weighted by Crippen LogP contribution is -2.33. The molecule has 1 aromatic rings. The maximum atomic E-state index is 12.1. The van der Waals surface area contributed by atoms with Crippen molar-refractivity contribution < 1.29 is 9.59 Å². The second kappa shape index (κ2) is 16.7. The third kappa shape index (κ3) is 13.9. The second-order valence-corrected chi connectivity index (χ2v) is 8.92. The van der Waals surface area contributed by atoms with Gasteiger partial charge in [0.1, 0.15) is 0 Å². The van der Waals surface area contributed by atoms with Crippen LogP contribution in [0.3, 0.4) is 0 Å². The van der Waals surface area contributed by atoms with Crippen molar-refractivity contribution in [3.63, 3.8) is 0 Å². The molecule has 1 rings (SSSR count). The highest BCUT2D eigenvalue weighted by Gasteiger charge is 2.08. The number of hydrogen-bond acceptors (Lipinski definition) is 3. The van der Waals surface area contributed by atoms with Crippen LogP contribution in [0.4, 0.5) is 11.4 Å². The van der Waals surface area contributed by atoms with Crippen LogP contribution in [-0.2, 0) is 9.59 Å². The van der Waals surface area contributed by atoms with Crippen LogP contribution in [0.25, 0.3) is 0 Å². The van der Waals surface area contributed by atoms with E-state index in [4.69, 9.17) is 12.2 Å². The Bertz CT molecular complexity index is 659. The van der Waals surface area contributed by atoms with Crippen molar-refractivity contribution >= 4 is 40.5 Å². The number of rotatable bonds is 15. The van der Waals surface area contributed by atoms with E-state index in [-0.39, 0.29) is 17.7 Å². The van der Waals surface area contributed by atoms with Crippen LogP contribution in [0.5, 0.6) is 0 Å². The van der Waals surface area contributed by atoms with Crippen LogP contribution in [0.1, 0.15) is 97.8 Å². The quantitative estimate of drug-likeness (QED) is 0.204. The Kier molecular flexibility index (Phi) is 14.6. The molecule has 0 aliphatic carbocycles. The van der Waals surface area contributed by atoms with Gasteiger partial charge in [-0.05, 0) is 42.9 Å². The van der Waals surface area contributed by atoms with Gasteiger partial charge in [0.25, 0.3) is 0 Å². The molecule has 0 atom stereocenters. The molecule has 0 bridgehead atoms. The fraction of sp³-hybridized carbons (Fsp3) is 0.640. The van der Waals surface area contributed by atoms with E-state index in [1.54, 1.807) is 12.1 Å². The molecule has 1 aromatic carbocycles. The van der Waals surface area contributed by atoms with Gasteiger partial charge in [0, 0.05) is 23.7 Å². The molecule has 174 valence electrons. The number of anilines is 2. The predicted octanol–water partition coefficient (Wildman–Crippen LogP) is 6.80. The molecule has 0 unspecified atom stereocenters. The molecule has 0 saturated carbocycles. The highest BCUT2D eigenvalue weighted by atomic mass is 32.1. The lowest BCUT2D eigenvalue weighted by Gasteiger charge is -2.11. The van der Waals surface area contributed by atoms with Crippen molar-refractivity contribution in [1.82, 2.24) is 5.32 Å². The zero-order chi connectivity index (χ0) is 22.9. The van der Waals surface area contributed by atoms with Crippen LogP contribution in [-0.4, -0.2) is 16.9 Å². The Hall–Kier alpha value is -1.95. The lowest BCUT2D eigenvalue weighted by molar-refractivity contribution is -0.120. The van der Waals surface area contributed by atoms with Gasteiger partial charge in [-0.1, -0.05) is 85.0 Å². The normalized spacial score (nSPS) is 10.7. The number of amides is 2. The van der Waals surface area contributed by atoms with Crippen molar-refractivity contribution in [3.8, 4) is 0 Å². The van der Waals surface area contributed by atoms with E-state index < -0.39 is 0 Å². The maximum Gasteiger partial charge on any atom is 0.226 e. The number of hydrogen-bond donors (Lipinski definition) is 3. The minimum atomic E-state index is -0.0686. The molecule has 5 nitrogen and oxygen atoms in total. The molecule has 0 fully saturated rings. The van der Waals surface area contributed by atoms with Crippen molar-refractivity contribution in [2.45, 2.75) is 97.8 Å². The lowest BCUT2D eigenvalue weighted by atomic mass is 10.1. The van der Waals surface area contributed by atoms with Gasteiger partial charge < -0.3 is 16.0 Å². The average molecular weight is 448 g/mol. The molecular weight excluding hydrogens is 406 g/mol. The molecule has 0 spiro atoms. The Balaban J connectivity index is 2.10. The number of carbonyl (C=O) groups is 2. The number of benzene rings is 1. The van der Waals surface area contributed by atoms with Crippen molar-refractivity contribution in [2.75, 3.05) is 10.6 Å². The van der Waals surface area contributed by atoms with Crippen LogP contribution in [0, 0.1) is 5.92 Å². The Labute approximate surface area is 194 Å². The van der Waals surface area contributed by atoms with E-state index in [2.05, 4.69) is 22.9 Å². The second-order valence-electron chi connectivity index (χ2n) is 8.51. The first kappa shape index (κ1) is 27.1. The van der Waals surface area contributed by atoms with Gasteiger partial charge >= 0.3 is 0 Å². The smallest absolute Gasteiger partial charge is 0.226 e. The first-order valence-corrected chi connectivity index (χ1v) is 12.3. The van der Waals surface area contributed by atoms with Gasteiger partial charge in [0.2, 0.25) is 11.8 Å². The summed E-state index contributed by atoms with van der Waals surface area (Å²) in [6, 6.07) is 7.24. The van der Waals surface area contributed by atoms with Gasteiger partial charge in [-0.3, -0.25) is 9.59 Å². The molecule has 0 aliphatic heterocycles. The van der Waals surface area contributed by atoms with E-state index >= 15 is 0 Å². The first-order chi connectivity index (χ1) is 14.9. The third-order valence-corrected chi connectivity index (χ3v) is 5.40. The monoisotopic (exact) mass is 447 g/mol. The molecule has 0 aliphatic rings. The van der Waals surface area contributed by atoms with Crippen molar-refractivity contribution in [2.24, 2.45) is 5.92 Å². The molecule has 0 radical (unpaired) electrons. The number of nitrogens with one attached hydrogen (secondary N) is 3. The maximum absolute atomic E-state index is 12.1. The predicted molar refractivity (Wildman–Crippen MR) is 135 cm³/mol. The van der Waals surface area contributed by atoms with E-state index in [0.29, 0.717) is 11.5 Å². The van der Waals surface area contributed by atoms with Crippen LogP contribution in [0.15, 0.2) is 24.3 Å². The Morgan fingerprint density at radius 2 is 1.23 bits per heavy atom. The topological polar surface area (TPSA) is 70.2 Å². The number of carbonyl (C=O) groups excluding carboxylic acids is 2. The minimum absolute atomic E-state index is 0.0223. The highest BCUT2D eigenvalue weighted by Crippen LogP contribution is 2.15. The minimum Gasteiger partial charge on any atom is -0.332 e. The molecule has 0 saturated heterocycles. The molecule has 6 heteroatoms. The Morgan fingerprint density at radius 1 is 0.774 bits per heavy atom. The molecule has 0 heterocycles. The van der Waals surface area contributed by atoms with Gasteiger partial charge in [-0.15, -0.1) is 0 Å². The van der Waals surface area contributed by atoms with E-state index in [0.717, 1.165) is 24.2 Å². The number of unbranched alkanes of at least 4 members (excludes halogenated alkanes) is 10. The van der Waals surface area contributed by atoms with Gasteiger partial charge in [0.15, 0.2) is 5.11 Å². The molecule has 0 aromatic heterocycles. The summed E-state index contributed by atoms with van der Waals surface area (Å²) in [7, 11) is 0. The van der Waals surface area contributed by atoms with Gasteiger partial charge in [0.05, 0.1) is 0 Å². The summed E-state index contributed by atoms with van der Waals surface area (Å²) in [5.74, 6) is -0.138. The summed E-state index contributed by atoms with van der Waals surface area (Å²) in [5.41, 5.74) is 1.50. The van der Waals surface area contributed by atoms with Gasteiger partial charge in [-0.2, -0.15) is 0 Å². The van der Waals surface area contributed by atoms with Crippen LogP contribution in [0.2, 0.25) is 0 Å². The summed E-state index contributed by atoms with van der Waals surface area (Å²) in [4.78, 5) is 23.8. The largest absolute Gasteiger partial charge is 0.332 e. The van der Waals surface area contributed by atoms with Crippen molar-refractivity contribution in [3.05, 3.63) is 24.3 Å². The van der Waals surface area contributed by atoms with Crippen LogP contribution >= 0.6 is 12.2 Å². The summed E-state index contributed by atoms with van der Waals surface area (Å²) in [5, 5.41) is 8.88. The zero-order valence-electron chi connectivity index (χ0n) is 19.6. The fourth-order valence-corrected chi connectivity index (χ4v) is 3.46. The van der Waals surface area contributed by atoms with Crippen molar-refractivity contribution in [1.29, 1.82) is 0 Å². The molecule has 2 amide bonds. The standard InChI is InChI=1S/C25H41N3O2S/c1-4-5-6-7-8-9-10-11-12-13-14-15-23(29)28-25(31)27-22-18-16-21(17-19-22)26-24(30)20(2)3/h16-20H,4-15H2,1-3H3,(H,26,30)(H2,27,28,29,31). The van der Waals surface area contributed by atoms with E-state index in [1.165, 1.54) is 57.8 Å². The summed E-state index contributed by atoms with van der Waals surface area (Å²) in [6.07, 6.45) is 14.4. The third-order valence-electron chi connectivity index (χ3n) is 5.20.